The maximum atomic E-state index is 13.0. The lowest BCUT2D eigenvalue weighted by Gasteiger charge is -2.27. The molecule has 1 saturated heterocycles. The SMILES string of the molecule is CC(C)Cc1cc(-c2cc(-c3ccc(C(=O)N4CCCCC4)c(Br)c3Cl)cs2)ccn1. The first-order valence-corrected chi connectivity index (χ1v) is 12.8. The number of piperidine rings is 1. The smallest absolute Gasteiger partial charge is 0.255 e. The predicted molar refractivity (Wildman–Crippen MR) is 134 cm³/mol. The minimum absolute atomic E-state index is 0.0560. The predicted octanol–water partition coefficient (Wildman–Crippen LogP) is 7.72. The van der Waals surface area contributed by atoms with Crippen LogP contribution in [-0.4, -0.2) is 28.9 Å². The van der Waals surface area contributed by atoms with Crippen molar-refractivity contribution >= 4 is 44.8 Å². The maximum absolute atomic E-state index is 13.0. The molecule has 1 aliphatic heterocycles. The van der Waals surface area contributed by atoms with Crippen molar-refractivity contribution in [3.8, 4) is 21.6 Å². The molecule has 3 aromatic rings. The first kappa shape index (κ1) is 22.5. The van der Waals surface area contributed by atoms with Crippen LogP contribution in [0.15, 0.2) is 46.4 Å². The Morgan fingerprint density at radius 1 is 1.16 bits per heavy atom. The molecule has 3 nitrogen and oxygen atoms in total. The van der Waals surface area contributed by atoms with E-state index in [1.165, 1.54) is 16.9 Å². The third-order valence-electron chi connectivity index (χ3n) is 5.58. The van der Waals surface area contributed by atoms with Crippen LogP contribution in [0.1, 0.15) is 49.2 Å². The van der Waals surface area contributed by atoms with E-state index in [2.05, 4.69) is 58.3 Å². The van der Waals surface area contributed by atoms with Crippen molar-refractivity contribution < 1.29 is 4.79 Å². The zero-order valence-corrected chi connectivity index (χ0v) is 21.0. The second-order valence-corrected chi connectivity index (χ2v) is 10.6. The molecule has 1 aromatic carbocycles. The number of amides is 1. The fourth-order valence-corrected chi connectivity index (χ4v) is 5.69. The van der Waals surface area contributed by atoms with Crippen molar-refractivity contribution in [3.05, 3.63) is 62.7 Å². The van der Waals surface area contributed by atoms with Gasteiger partial charge in [-0.3, -0.25) is 9.78 Å². The summed E-state index contributed by atoms with van der Waals surface area (Å²) in [5.74, 6) is 0.629. The summed E-state index contributed by atoms with van der Waals surface area (Å²) in [7, 11) is 0. The Balaban J connectivity index is 1.60. The van der Waals surface area contributed by atoms with Gasteiger partial charge in [0.1, 0.15) is 0 Å². The second-order valence-electron chi connectivity index (χ2n) is 8.47. The Bertz CT molecular complexity index is 1090. The summed E-state index contributed by atoms with van der Waals surface area (Å²) in [6.45, 7) is 6.06. The lowest BCUT2D eigenvalue weighted by molar-refractivity contribution is 0.0723. The fourth-order valence-electron chi connectivity index (χ4n) is 4.00. The molecule has 1 amide bonds. The summed E-state index contributed by atoms with van der Waals surface area (Å²) in [6.07, 6.45) is 6.19. The van der Waals surface area contributed by atoms with E-state index in [1.807, 2.05) is 23.2 Å². The summed E-state index contributed by atoms with van der Waals surface area (Å²) in [5.41, 5.74) is 4.92. The molecular formula is C25H26BrClN2OS. The molecule has 0 radical (unpaired) electrons. The van der Waals surface area contributed by atoms with Crippen LogP contribution in [0.5, 0.6) is 0 Å². The highest BCUT2D eigenvalue weighted by Gasteiger charge is 2.23. The standard InChI is InChI=1S/C25H26BrClN2OS/c1-16(2)12-19-13-17(8-9-28-19)22-14-18(15-31-22)20-6-7-21(23(26)24(20)27)25(30)29-10-4-3-5-11-29/h6-9,13-16H,3-5,10-12H2,1-2H3. The molecule has 162 valence electrons. The summed E-state index contributed by atoms with van der Waals surface area (Å²) in [4.78, 5) is 20.6. The summed E-state index contributed by atoms with van der Waals surface area (Å²) >= 11 is 12.0. The Morgan fingerprint density at radius 3 is 2.68 bits per heavy atom. The van der Waals surface area contributed by atoms with Crippen molar-refractivity contribution in [3.63, 3.8) is 0 Å². The third kappa shape index (κ3) is 5.05. The number of carbonyl (C=O) groups excluding carboxylic acids is 1. The van der Waals surface area contributed by atoms with Gasteiger partial charge in [-0.2, -0.15) is 0 Å². The number of hydrogen-bond acceptors (Lipinski definition) is 3. The topological polar surface area (TPSA) is 33.2 Å². The number of rotatable bonds is 5. The average molecular weight is 518 g/mol. The Labute approximate surface area is 201 Å². The monoisotopic (exact) mass is 516 g/mol. The van der Waals surface area contributed by atoms with Crippen LogP contribution in [0.3, 0.4) is 0 Å². The van der Waals surface area contributed by atoms with Gasteiger partial charge in [0.25, 0.3) is 5.91 Å². The van der Waals surface area contributed by atoms with Gasteiger partial charge < -0.3 is 4.90 Å². The number of nitrogens with zero attached hydrogens (tertiary/aromatic N) is 2. The highest BCUT2D eigenvalue weighted by atomic mass is 79.9. The number of carbonyl (C=O) groups is 1. The molecule has 3 heterocycles. The van der Waals surface area contributed by atoms with Gasteiger partial charge in [-0.25, -0.2) is 0 Å². The van der Waals surface area contributed by atoms with Crippen LogP contribution in [0.25, 0.3) is 21.6 Å². The van der Waals surface area contributed by atoms with E-state index in [9.17, 15) is 4.79 Å². The van der Waals surface area contributed by atoms with Crippen molar-refractivity contribution in [2.75, 3.05) is 13.1 Å². The normalized spacial score (nSPS) is 14.3. The number of thiophene rings is 1. The van der Waals surface area contributed by atoms with E-state index < -0.39 is 0 Å². The van der Waals surface area contributed by atoms with Crippen molar-refractivity contribution in [2.24, 2.45) is 5.92 Å². The average Bonchev–Trinajstić information content (AvgIpc) is 3.25. The van der Waals surface area contributed by atoms with E-state index >= 15 is 0 Å². The Kier molecular flexibility index (Phi) is 7.15. The van der Waals surface area contributed by atoms with Crippen LogP contribution in [-0.2, 0) is 6.42 Å². The molecule has 31 heavy (non-hydrogen) atoms. The number of benzene rings is 1. The molecular weight excluding hydrogens is 492 g/mol. The Morgan fingerprint density at radius 2 is 1.94 bits per heavy atom. The molecule has 2 aromatic heterocycles. The van der Waals surface area contributed by atoms with Gasteiger partial charge in [0.2, 0.25) is 0 Å². The minimum Gasteiger partial charge on any atom is -0.339 e. The van der Waals surface area contributed by atoms with Crippen molar-refractivity contribution in [1.29, 1.82) is 0 Å². The van der Waals surface area contributed by atoms with E-state index in [0.717, 1.165) is 49.2 Å². The van der Waals surface area contributed by atoms with Crippen LogP contribution in [0.2, 0.25) is 5.02 Å². The lowest BCUT2D eigenvalue weighted by Crippen LogP contribution is -2.35. The van der Waals surface area contributed by atoms with E-state index in [4.69, 9.17) is 11.6 Å². The van der Waals surface area contributed by atoms with E-state index in [1.54, 1.807) is 11.3 Å². The largest absolute Gasteiger partial charge is 0.339 e. The van der Waals surface area contributed by atoms with Gasteiger partial charge in [-0.05, 0) is 88.3 Å². The van der Waals surface area contributed by atoms with E-state index in [-0.39, 0.29) is 5.91 Å². The molecule has 0 saturated carbocycles. The summed E-state index contributed by atoms with van der Waals surface area (Å²) in [6, 6.07) is 10.3. The van der Waals surface area contributed by atoms with E-state index in [0.29, 0.717) is 21.0 Å². The van der Waals surface area contributed by atoms with Gasteiger partial charge >= 0.3 is 0 Å². The van der Waals surface area contributed by atoms with Crippen LogP contribution in [0.4, 0.5) is 0 Å². The van der Waals surface area contributed by atoms with Gasteiger partial charge in [0.05, 0.1) is 10.6 Å². The molecule has 0 N–H and O–H groups in total. The quantitative estimate of drug-likeness (QED) is 0.347. The molecule has 1 fully saturated rings. The lowest BCUT2D eigenvalue weighted by atomic mass is 10.0. The highest BCUT2D eigenvalue weighted by molar-refractivity contribution is 9.10. The molecule has 0 aliphatic carbocycles. The zero-order chi connectivity index (χ0) is 22.0. The second kappa shape index (κ2) is 9.85. The van der Waals surface area contributed by atoms with Crippen molar-refractivity contribution in [1.82, 2.24) is 9.88 Å². The van der Waals surface area contributed by atoms with Gasteiger partial charge in [0, 0.05) is 39.9 Å². The number of aromatic nitrogens is 1. The number of halogens is 2. The zero-order valence-electron chi connectivity index (χ0n) is 17.8. The van der Waals surface area contributed by atoms with Gasteiger partial charge in [-0.15, -0.1) is 11.3 Å². The number of likely N-dealkylation sites (tertiary alicyclic amines) is 1. The molecule has 4 rings (SSSR count). The fraction of sp³-hybridized carbons (Fsp3) is 0.360. The summed E-state index contributed by atoms with van der Waals surface area (Å²) in [5, 5.41) is 2.71. The molecule has 0 atom stereocenters. The Hall–Kier alpha value is -1.69. The summed E-state index contributed by atoms with van der Waals surface area (Å²) < 4.78 is 0.679. The molecule has 6 heteroatoms. The molecule has 0 bridgehead atoms. The molecule has 0 unspecified atom stereocenters. The molecule has 0 spiro atoms. The van der Waals surface area contributed by atoms with Crippen molar-refractivity contribution in [2.45, 2.75) is 39.5 Å². The first-order valence-electron chi connectivity index (χ1n) is 10.8. The third-order valence-corrected chi connectivity index (χ3v) is 8.01. The highest BCUT2D eigenvalue weighted by Crippen LogP contribution is 2.40. The first-order chi connectivity index (χ1) is 14.9. The molecule has 1 aliphatic rings. The van der Waals surface area contributed by atoms with Crippen LogP contribution in [0, 0.1) is 5.92 Å². The van der Waals surface area contributed by atoms with Crippen LogP contribution < -0.4 is 0 Å². The minimum atomic E-state index is 0.0560. The van der Waals surface area contributed by atoms with Gasteiger partial charge in [-0.1, -0.05) is 31.5 Å². The number of pyridine rings is 1. The van der Waals surface area contributed by atoms with Gasteiger partial charge in [0.15, 0.2) is 0 Å². The maximum Gasteiger partial charge on any atom is 0.255 e. The number of hydrogen-bond donors (Lipinski definition) is 0. The van der Waals surface area contributed by atoms with Crippen LogP contribution >= 0.6 is 38.9 Å².